The highest BCUT2D eigenvalue weighted by Gasteiger charge is 2.53. The molecule has 24 heavy (non-hydrogen) atoms. The average Bonchev–Trinajstić information content (AvgIpc) is 2.92. The summed E-state index contributed by atoms with van der Waals surface area (Å²) in [5.41, 5.74) is 3.46. The first-order valence-corrected chi connectivity index (χ1v) is 9.38. The largest absolute Gasteiger partial charge is 0.293 e. The number of allylic oxidation sites excluding steroid dienone is 8. The van der Waals surface area contributed by atoms with Crippen molar-refractivity contribution in [2.24, 2.45) is 22.7 Å². The molecule has 0 spiro atoms. The van der Waals surface area contributed by atoms with Crippen molar-refractivity contribution >= 4 is 23.2 Å². The van der Waals surface area contributed by atoms with Crippen LogP contribution in [0.15, 0.2) is 47.1 Å². The monoisotopic (exact) mass is 342 g/mol. The minimum Gasteiger partial charge on any atom is -0.293 e. The van der Waals surface area contributed by atoms with E-state index >= 15 is 0 Å². The summed E-state index contributed by atoms with van der Waals surface area (Å²) < 4.78 is 0. The number of alkyl halides is 1. The number of fused-ring (bicyclic) bond motifs is 5. The number of Topliss-reactive ketones (excluding diaryl/α,β-unsaturated/α-hetero) is 1. The van der Waals surface area contributed by atoms with Crippen molar-refractivity contribution in [2.45, 2.75) is 39.5 Å². The van der Waals surface area contributed by atoms with Crippen molar-refractivity contribution in [2.75, 3.05) is 5.88 Å². The van der Waals surface area contributed by atoms with Gasteiger partial charge in [0.1, 0.15) is 0 Å². The molecule has 0 heterocycles. The van der Waals surface area contributed by atoms with Crippen LogP contribution in [0.3, 0.4) is 0 Å². The third-order valence-electron chi connectivity index (χ3n) is 6.95. The van der Waals surface area contributed by atoms with Gasteiger partial charge in [0.15, 0.2) is 11.6 Å². The first kappa shape index (κ1) is 16.1. The van der Waals surface area contributed by atoms with Crippen molar-refractivity contribution in [1.29, 1.82) is 0 Å². The van der Waals surface area contributed by atoms with Crippen molar-refractivity contribution in [3.05, 3.63) is 47.1 Å². The molecule has 0 N–H and O–H groups in total. The Labute approximate surface area is 148 Å². The molecule has 2 nitrogen and oxygen atoms in total. The number of rotatable bonds is 2. The zero-order valence-corrected chi connectivity index (χ0v) is 15.0. The average molecular weight is 343 g/mol. The molecule has 0 amide bonds. The van der Waals surface area contributed by atoms with Gasteiger partial charge in [-0.05, 0) is 62.2 Å². The van der Waals surface area contributed by atoms with Crippen LogP contribution in [0.4, 0.5) is 0 Å². The van der Waals surface area contributed by atoms with E-state index in [1.165, 1.54) is 11.1 Å². The Bertz CT molecular complexity index is 754. The van der Waals surface area contributed by atoms with Crippen LogP contribution in [0.1, 0.15) is 39.5 Å². The molecule has 0 unspecified atom stereocenters. The van der Waals surface area contributed by atoms with E-state index in [1.807, 2.05) is 6.08 Å². The molecule has 0 aromatic heterocycles. The van der Waals surface area contributed by atoms with E-state index in [2.05, 4.69) is 32.1 Å². The Morgan fingerprint density at radius 1 is 1.33 bits per heavy atom. The van der Waals surface area contributed by atoms with Gasteiger partial charge in [0.25, 0.3) is 0 Å². The molecule has 0 aliphatic heterocycles. The minimum atomic E-state index is -0.114. The van der Waals surface area contributed by atoms with Gasteiger partial charge < -0.3 is 0 Å². The molecule has 0 bridgehead atoms. The van der Waals surface area contributed by atoms with Crippen LogP contribution >= 0.6 is 11.6 Å². The summed E-state index contributed by atoms with van der Waals surface area (Å²) in [7, 11) is 0. The molecule has 4 rings (SSSR count). The van der Waals surface area contributed by atoms with Gasteiger partial charge in [0, 0.05) is 10.8 Å². The van der Waals surface area contributed by atoms with E-state index in [0.29, 0.717) is 11.8 Å². The Balaban J connectivity index is 1.74. The first-order valence-electron chi connectivity index (χ1n) is 8.85. The van der Waals surface area contributed by atoms with E-state index in [9.17, 15) is 9.59 Å². The van der Waals surface area contributed by atoms with Crippen LogP contribution in [0.2, 0.25) is 0 Å². The predicted molar refractivity (Wildman–Crippen MR) is 95.8 cm³/mol. The second-order valence-electron chi connectivity index (χ2n) is 8.05. The van der Waals surface area contributed by atoms with Crippen molar-refractivity contribution in [1.82, 2.24) is 0 Å². The Morgan fingerprint density at radius 2 is 2.12 bits per heavy atom. The molecule has 4 aliphatic rings. The normalized spacial score (nSPS) is 40.1. The Kier molecular flexibility index (Phi) is 3.55. The van der Waals surface area contributed by atoms with Gasteiger partial charge in [-0.15, -0.1) is 11.6 Å². The summed E-state index contributed by atoms with van der Waals surface area (Å²) in [4.78, 5) is 24.0. The second kappa shape index (κ2) is 5.29. The fraction of sp³-hybridized carbons (Fsp3) is 0.524. The van der Waals surface area contributed by atoms with Crippen LogP contribution in [-0.4, -0.2) is 17.4 Å². The van der Waals surface area contributed by atoms with Crippen molar-refractivity contribution in [3.63, 3.8) is 0 Å². The molecular formula is C21H23ClO2. The smallest absolute Gasteiger partial charge is 0.178 e. The van der Waals surface area contributed by atoms with Gasteiger partial charge in [-0.25, -0.2) is 0 Å². The third-order valence-corrected chi connectivity index (χ3v) is 7.19. The van der Waals surface area contributed by atoms with Gasteiger partial charge in [0.2, 0.25) is 0 Å². The van der Waals surface area contributed by atoms with Crippen molar-refractivity contribution < 1.29 is 9.59 Å². The lowest BCUT2D eigenvalue weighted by atomic mass is 9.52. The van der Waals surface area contributed by atoms with Gasteiger partial charge in [-0.1, -0.05) is 36.3 Å². The number of ketones is 2. The highest BCUT2D eigenvalue weighted by Crippen LogP contribution is 2.62. The Morgan fingerprint density at radius 3 is 2.88 bits per heavy atom. The number of hydrogen-bond donors (Lipinski definition) is 0. The fourth-order valence-electron chi connectivity index (χ4n) is 5.61. The van der Waals surface area contributed by atoms with Gasteiger partial charge in [-0.3, -0.25) is 9.59 Å². The minimum absolute atomic E-state index is 0.0742. The summed E-state index contributed by atoms with van der Waals surface area (Å²) in [6, 6.07) is 0. The molecule has 4 atom stereocenters. The quantitative estimate of drug-likeness (QED) is 0.544. The molecule has 4 aliphatic carbocycles. The third kappa shape index (κ3) is 2.02. The zero-order chi connectivity index (χ0) is 17.1. The molecule has 3 heteroatoms. The van der Waals surface area contributed by atoms with E-state index in [4.69, 9.17) is 11.6 Å². The van der Waals surface area contributed by atoms with E-state index in [0.717, 1.165) is 31.3 Å². The maximum atomic E-state index is 12.3. The molecular weight excluding hydrogens is 320 g/mol. The number of carbonyl (C=O) groups excluding carboxylic acids is 2. The molecule has 0 saturated heterocycles. The number of carbonyl (C=O) groups is 2. The first-order chi connectivity index (χ1) is 11.4. The molecule has 1 saturated carbocycles. The fourth-order valence-corrected chi connectivity index (χ4v) is 5.75. The van der Waals surface area contributed by atoms with E-state index < -0.39 is 0 Å². The summed E-state index contributed by atoms with van der Waals surface area (Å²) in [5.74, 6) is 1.24. The SMILES string of the molecule is C[C@]12C=CC(=O)C=C1CC[C@@H]1C2=CC[C@]2(C)C(C(=O)CCl)=CC[C@@H]12. The molecule has 0 aromatic rings. The van der Waals surface area contributed by atoms with Crippen LogP contribution < -0.4 is 0 Å². The molecule has 0 radical (unpaired) electrons. The molecule has 0 aromatic carbocycles. The Hall–Kier alpha value is -1.41. The van der Waals surface area contributed by atoms with E-state index in [-0.39, 0.29) is 28.3 Å². The summed E-state index contributed by atoms with van der Waals surface area (Å²) in [6.07, 6.45) is 14.0. The van der Waals surface area contributed by atoms with Crippen LogP contribution in [0.25, 0.3) is 0 Å². The van der Waals surface area contributed by atoms with Crippen LogP contribution in [0.5, 0.6) is 0 Å². The predicted octanol–water partition coefficient (Wildman–Crippen LogP) is 4.56. The molecule has 126 valence electrons. The maximum Gasteiger partial charge on any atom is 0.178 e. The van der Waals surface area contributed by atoms with Crippen LogP contribution in [0, 0.1) is 22.7 Å². The lowest BCUT2D eigenvalue weighted by Gasteiger charge is -2.51. The van der Waals surface area contributed by atoms with Gasteiger partial charge in [-0.2, -0.15) is 0 Å². The maximum absolute atomic E-state index is 12.3. The molecule has 1 fully saturated rings. The highest BCUT2D eigenvalue weighted by atomic mass is 35.5. The van der Waals surface area contributed by atoms with Crippen LogP contribution in [-0.2, 0) is 9.59 Å². The summed E-state index contributed by atoms with van der Waals surface area (Å²) in [6.45, 7) is 4.48. The van der Waals surface area contributed by atoms with Gasteiger partial charge in [0.05, 0.1) is 5.88 Å². The van der Waals surface area contributed by atoms with E-state index in [1.54, 1.807) is 6.08 Å². The lowest BCUT2D eigenvalue weighted by Crippen LogP contribution is -2.43. The number of halogens is 1. The zero-order valence-electron chi connectivity index (χ0n) is 14.3. The standard InChI is InChI=1S/C21H23ClO2/c1-20-9-7-14(23)11-13(20)3-4-15-16-5-6-18(19(24)12-22)21(16,2)10-8-17(15)20/h6-9,11,15-16H,3-5,10,12H2,1-2H3/t15-,16-,20-,21-/m0/s1. The summed E-state index contributed by atoms with van der Waals surface area (Å²) >= 11 is 5.84. The topological polar surface area (TPSA) is 34.1 Å². The van der Waals surface area contributed by atoms with Crippen molar-refractivity contribution in [3.8, 4) is 0 Å². The number of hydrogen-bond acceptors (Lipinski definition) is 2. The van der Waals surface area contributed by atoms with Gasteiger partial charge >= 0.3 is 0 Å². The lowest BCUT2D eigenvalue weighted by molar-refractivity contribution is -0.114. The highest BCUT2D eigenvalue weighted by molar-refractivity contribution is 6.30. The second-order valence-corrected chi connectivity index (χ2v) is 8.32. The summed E-state index contributed by atoms with van der Waals surface area (Å²) in [5, 5.41) is 0.